The van der Waals surface area contributed by atoms with Crippen molar-refractivity contribution < 1.29 is 24.1 Å². The molecule has 0 spiro atoms. The smallest absolute Gasteiger partial charge is 0.332 e. The SMILES string of the molecule is CCOc1cc(/C=N/NC(N)=O)ccc1Oc1ccc([N+](=O)[O-])cc1[N+](=O)[O-]. The predicted molar refractivity (Wildman–Crippen MR) is 97.7 cm³/mol. The van der Waals surface area contributed by atoms with Crippen LogP contribution in [-0.2, 0) is 0 Å². The van der Waals surface area contributed by atoms with Gasteiger partial charge in [-0.15, -0.1) is 0 Å². The molecular weight excluding hydrogens is 374 g/mol. The highest BCUT2D eigenvalue weighted by Gasteiger charge is 2.22. The van der Waals surface area contributed by atoms with E-state index in [1.54, 1.807) is 13.0 Å². The molecule has 0 bridgehead atoms. The van der Waals surface area contributed by atoms with E-state index >= 15 is 0 Å². The van der Waals surface area contributed by atoms with Crippen LogP contribution in [0.1, 0.15) is 12.5 Å². The molecule has 12 heteroatoms. The molecule has 2 rings (SSSR count). The van der Waals surface area contributed by atoms with Crippen LogP contribution in [0, 0.1) is 20.2 Å². The van der Waals surface area contributed by atoms with E-state index in [4.69, 9.17) is 15.2 Å². The number of nitrogens with zero attached hydrogens (tertiary/aromatic N) is 3. The minimum absolute atomic E-state index is 0.152. The van der Waals surface area contributed by atoms with Gasteiger partial charge in [-0.3, -0.25) is 20.2 Å². The molecule has 0 heterocycles. The Morgan fingerprint density at radius 3 is 2.46 bits per heavy atom. The van der Waals surface area contributed by atoms with Gasteiger partial charge in [0, 0.05) is 6.07 Å². The number of primary amides is 1. The second-order valence-corrected chi connectivity index (χ2v) is 5.14. The summed E-state index contributed by atoms with van der Waals surface area (Å²) in [6.07, 6.45) is 1.31. The van der Waals surface area contributed by atoms with Crippen LogP contribution in [-0.4, -0.2) is 28.7 Å². The third-order valence-corrected chi connectivity index (χ3v) is 3.23. The molecule has 0 saturated carbocycles. The number of nitro benzene ring substituents is 2. The van der Waals surface area contributed by atoms with Crippen molar-refractivity contribution >= 4 is 23.6 Å². The second-order valence-electron chi connectivity index (χ2n) is 5.14. The first-order valence-corrected chi connectivity index (χ1v) is 7.78. The number of nitrogens with one attached hydrogen (secondary N) is 1. The van der Waals surface area contributed by atoms with E-state index in [1.807, 2.05) is 5.43 Å². The maximum Gasteiger partial charge on any atom is 0.332 e. The number of rotatable bonds is 8. The second kappa shape index (κ2) is 8.93. The molecule has 2 aromatic rings. The molecule has 0 fully saturated rings. The van der Waals surface area contributed by atoms with Crippen LogP contribution in [0.2, 0.25) is 0 Å². The first-order chi connectivity index (χ1) is 13.3. The normalized spacial score (nSPS) is 10.5. The average Bonchev–Trinajstić information content (AvgIpc) is 2.63. The van der Waals surface area contributed by atoms with Gasteiger partial charge in [0.1, 0.15) is 0 Å². The van der Waals surface area contributed by atoms with Crippen LogP contribution in [0.25, 0.3) is 0 Å². The monoisotopic (exact) mass is 389 g/mol. The summed E-state index contributed by atoms with van der Waals surface area (Å²) in [5.41, 5.74) is 6.48. The Bertz CT molecular complexity index is 945. The number of hydrazone groups is 1. The van der Waals surface area contributed by atoms with Gasteiger partial charge in [0.25, 0.3) is 5.69 Å². The highest BCUT2D eigenvalue weighted by molar-refractivity contribution is 5.82. The average molecular weight is 389 g/mol. The highest BCUT2D eigenvalue weighted by Crippen LogP contribution is 2.38. The van der Waals surface area contributed by atoms with Gasteiger partial charge < -0.3 is 15.2 Å². The summed E-state index contributed by atoms with van der Waals surface area (Å²) in [6, 6.07) is 6.78. The van der Waals surface area contributed by atoms with E-state index in [-0.39, 0.29) is 23.9 Å². The minimum atomic E-state index is -0.827. The Morgan fingerprint density at radius 2 is 1.86 bits per heavy atom. The van der Waals surface area contributed by atoms with Gasteiger partial charge in [0.15, 0.2) is 11.5 Å². The summed E-state index contributed by atoms with van der Waals surface area (Å²) in [4.78, 5) is 31.2. The van der Waals surface area contributed by atoms with Crippen molar-refractivity contribution in [3.63, 3.8) is 0 Å². The molecule has 12 nitrogen and oxygen atoms in total. The third-order valence-electron chi connectivity index (χ3n) is 3.23. The lowest BCUT2D eigenvalue weighted by Crippen LogP contribution is -2.24. The van der Waals surface area contributed by atoms with Gasteiger partial charge in [0.05, 0.1) is 28.7 Å². The van der Waals surface area contributed by atoms with Crippen molar-refractivity contribution in [1.29, 1.82) is 0 Å². The molecular formula is C16H15N5O7. The van der Waals surface area contributed by atoms with Crippen LogP contribution in [0.5, 0.6) is 17.2 Å². The van der Waals surface area contributed by atoms with Gasteiger partial charge in [-0.05, 0) is 36.8 Å². The Hall–Kier alpha value is -4.22. The number of amides is 2. The molecule has 0 aliphatic heterocycles. The molecule has 0 unspecified atom stereocenters. The summed E-state index contributed by atoms with van der Waals surface area (Å²) in [5.74, 6) is 0.213. The van der Waals surface area contributed by atoms with E-state index in [9.17, 15) is 25.0 Å². The lowest BCUT2D eigenvalue weighted by atomic mass is 10.2. The van der Waals surface area contributed by atoms with Crippen molar-refractivity contribution in [2.24, 2.45) is 10.8 Å². The van der Waals surface area contributed by atoms with Crippen LogP contribution >= 0.6 is 0 Å². The number of ether oxygens (including phenoxy) is 2. The number of benzene rings is 2. The molecule has 0 saturated heterocycles. The fourth-order valence-electron chi connectivity index (χ4n) is 2.09. The van der Waals surface area contributed by atoms with E-state index in [0.717, 1.165) is 18.2 Å². The van der Waals surface area contributed by atoms with Crippen molar-refractivity contribution in [3.05, 3.63) is 62.2 Å². The van der Waals surface area contributed by atoms with Gasteiger partial charge >= 0.3 is 11.7 Å². The summed E-state index contributed by atoms with van der Waals surface area (Å²) in [7, 11) is 0. The predicted octanol–water partition coefficient (Wildman–Crippen LogP) is 2.70. The minimum Gasteiger partial charge on any atom is -0.490 e. The van der Waals surface area contributed by atoms with Crippen molar-refractivity contribution in [2.45, 2.75) is 6.92 Å². The molecule has 3 N–H and O–H groups in total. The van der Waals surface area contributed by atoms with Crippen molar-refractivity contribution in [3.8, 4) is 17.2 Å². The highest BCUT2D eigenvalue weighted by atomic mass is 16.6. The Balaban J connectivity index is 2.37. The van der Waals surface area contributed by atoms with Crippen molar-refractivity contribution in [2.75, 3.05) is 6.61 Å². The number of carbonyl (C=O) groups excluding carboxylic acids is 1. The van der Waals surface area contributed by atoms with Crippen LogP contribution < -0.4 is 20.6 Å². The molecule has 146 valence electrons. The molecule has 0 aromatic heterocycles. The maximum absolute atomic E-state index is 11.2. The Morgan fingerprint density at radius 1 is 1.14 bits per heavy atom. The van der Waals surface area contributed by atoms with Crippen LogP contribution in [0.15, 0.2) is 41.5 Å². The van der Waals surface area contributed by atoms with Gasteiger partial charge in [-0.2, -0.15) is 5.10 Å². The quantitative estimate of drug-likeness (QED) is 0.396. The number of carbonyl (C=O) groups is 1. The zero-order valence-electron chi connectivity index (χ0n) is 14.5. The summed E-state index contributed by atoms with van der Waals surface area (Å²) in [6.45, 7) is 2.01. The zero-order chi connectivity index (χ0) is 20.7. The summed E-state index contributed by atoms with van der Waals surface area (Å²) in [5, 5.41) is 25.7. The number of urea groups is 1. The first kappa shape index (κ1) is 20.1. The number of hydrogen-bond donors (Lipinski definition) is 2. The van der Waals surface area contributed by atoms with Gasteiger partial charge in [-0.1, -0.05) is 0 Å². The molecule has 0 aliphatic carbocycles. The molecule has 2 amide bonds. The molecule has 0 atom stereocenters. The van der Waals surface area contributed by atoms with Crippen LogP contribution in [0.3, 0.4) is 0 Å². The number of non-ortho nitro benzene ring substituents is 1. The number of nitrogens with two attached hydrogens (primary N) is 1. The fourth-order valence-corrected chi connectivity index (χ4v) is 2.09. The molecule has 0 aliphatic rings. The Labute approximate surface area is 157 Å². The molecule has 0 radical (unpaired) electrons. The fraction of sp³-hybridized carbons (Fsp3) is 0.125. The standard InChI is InChI=1S/C16H15N5O7/c1-2-27-15-7-10(9-18-19-16(17)22)3-5-14(15)28-13-6-4-11(20(23)24)8-12(13)21(25)26/h3-9H,2H2,1H3,(H3,17,19,22)/b18-9+. The lowest BCUT2D eigenvalue weighted by Gasteiger charge is -2.12. The summed E-state index contributed by atoms with van der Waals surface area (Å²) < 4.78 is 11.0. The Kier molecular flexibility index (Phi) is 6.41. The van der Waals surface area contributed by atoms with Crippen LogP contribution in [0.4, 0.5) is 16.2 Å². The van der Waals surface area contributed by atoms with E-state index in [2.05, 4.69) is 5.10 Å². The van der Waals surface area contributed by atoms with E-state index in [0.29, 0.717) is 5.56 Å². The number of nitro groups is 2. The third kappa shape index (κ3) is 5.14. The van der Waals surface area contributed by atoms with Gasteiger partial charge in [0.2, 0.25) is 5.75 Å². The summed E-state index contributed by atoms with van der Waals surface area (Å²) >= 11 is 0. The molecule has 28 heavy (non-hydrogen) atoms. The van der Waals surface area contributed by atoms with E-state index < -0.39 is 27.3 Å². The van der Waals surface area contributed by atoms with Gasteiger partial charge in [-0.25, -0.2) is 10.2 Å². The maximum atomic E-state index is 11.2. The molecule has 2 aromatic carbocycles. The number of hydrogen-bond acceptors (Lipinski definition) is 8. The lowest BCUT2D eigenvalue weighted by molar-refractivity contribution is -0.394. The van der Waals surface area contributed by atoms with E-state index in [1.165, 1.54) is 18.3 Å². The van der Waals surface area contributed by atoms with Crippen molar-refractivity contribution in [1.82, 2.24) is 5.43 Å². The first-order valence-electron chi connectivity index (χ1n) is 7.78. The topological polar surface area (TPSA) is 172 Å². The largest absolute Gasteiger partial charge is 0.490 e. The zero-order valence-corrected chi connectivity index (χ0v) is 14.5.